The predicted octanol–water partition coefficient (Wildman–Crippen LogP) is -0.216. The topological polar surface area (TPSA) is 125 Å². The highest BCUT2D eigenvalue weighted by atomic mass is 16.6. The van der Waals surface area contributed by atoms with E-state index in [1.165, 1.54) is 0 Å². The van der Waals surface area contributed by atoms with E-state index in [2.05, 4.69) is 10.3 Å². The third-order valence-corrected chi connectivity index (χ3v) is 2.98. The molecule has 1 aliphatic rings. The Bertz CT molecular complexity index is 564. The quantitative estimate of drug-likeness (QED) is 0.502. The minimum Gasteiger partial charge on any atom is -0.391 e. The molecule has 0 aliphatic heterocycles. The van der Waals surface area contributed by atoms with Crippen LogP contribution in [-0.2, 0) is 0 Å². The van der Waals surface area contributed by atoms with Crippen LogP contribution in [-0.4, -0.2) is 33.6 Å². The molecule has 0 saturated heterocycles. The molecule has 1 amide bonds. The van der Waals surface area contributed by atoms with Crippen LogP contribution < -0.4 is 10.9 Å². The number of H-pyrrole nitrogens is 1. The second-order valence-electron chi connectivity index (χ2n) is 4.47. The number of aliphatic hydroxyl groups is 1. The standard InChI is InChI=1S/C11H13N3O5/c15-9(6-1-2-6)5-13-11(17)8-3-7(14(18)19)4-12-10(8)16/h3-4,6,9,15H,1-2,5H2,(H,12,16)(H,13,17). The van der Waals surface area contributed by atoms with Crippen molar-refractivity contribution in [2.75, 3.05) is 6.54 Å². The van der Waals surface area contributed by atoms with Gasteiger partial charge in [-0.1, -0.05) is 0 Å². The lowest BCUT2D eigenvalue weighted by Gasteiger charge is -2.10. The summed E-state index contributed by atoms with van der Waals surface area (Å²) in [5.41, 5.74) is -1.41. The fourth-order valence-electron chi connectivity index (χ4n) is 1.69. The number of nitro groups is 1. The highest BCUT2D eigenvalue weighted by molar-refractivity contribution is 5.94. The van der Waals surface area contributed by atoms with Crippen LogP contribution in [0.25, 0.3) is 0 Å². The Morgan fingerprint density at radius 3 is 2.89 bits per heavy atom. The van der Waals surface area contributed by atoms with Gasteiger partial charge in [-0.2, -0.15) is 0 Å². The van der Waals surface area contributed by atoms with E-state index in [1.54, 1.807) is 0 Å². The number of amides is 1. The van der Waals surface area contributed by atoms with Crippen molar-refractivity contribution in [1.82, 2.24) is 10.3 Å². The zero-order valence-corrected chi connectivity index (χ0v) is 9.96. The SMILES string of the molecule is O=C(NCC(O)C1CC1)c1cc([N+](=O)[O-])c[nH]c1=O. The fraction of sp³-hybridized carbons (Fsp3) is 0.455. The Balaban J connectivity index is 2.07. The molecule has 0 radical (unpaired) electrons. The number of aromatic amines is 1. The smallest absolute Gasteiger partial charge is 0.286 e. The molecule has 2 rings (SSSR count). The van der Waals surface area contributed by atoms with Gasteiger partial charge in [-0.3, -0.25) is 19.7 Å². The van der Waals surface area contributed by atoms with Crippen molar-refractivity contribution < 1.29 is 14.8 Å². The molecule has 19 heavy (non-hydrogen) atoms. The van der Waals surface area contributed by atoms with Gasteiger partial charge in [0.25, 0.3) is 17.2 Å². The number of hydrogen-bond acceptors (Lipinski definition) is 5. The molecule has 0 bridgehead atoms. The van der Waals surface area contributed by atoms with E-state index >= 15 is 0 Å². The van der Waals surface area contributed by atoms with E-state index in [-0.39, 0.29) is 23.7 Å². The Labute approximate surface area is 107 Å². The number of nitrogens with one attached hydrogen (secondary N) is 2. The van der Waals surface area contributed by atoms with Gasteiger partial charge in [-0.25, -0.2) is 0 Å². The van der Waals surface area contributed by atoms with Crippen LogP contribution in [0.15, 0.2) is 17.1 Å². The van der Waals surface area contributed by atoms with E-state index < -0.39 is 22.5 Å². The van der Waals surface area contributed by atoms with Crippen LogP contribution in [0.2, 0.25) is 0 Å². The summed E-state index contributed by atoms with van der Waals surface area (Å²) >= 11 is 0. The molecule has 8 heteroatoms. The summed E-state index contributed by atoms with van der Waals surface area (Å²) in [6, 6.07) is 0.914. The highest BCUT2D eigenvalue weighted by Gasteiger charge is 2.30. The summed E-state index contributed by atoms with van der Waals surface area (Å²) in [6.07, 6.45) is 2.14. The molecule has 1 heterocycles. The Morgan fingerprint density at radius 1 is 1.63 bits per heavy atom. The van der Waals surface area contributed by atoms with Crippen molar-refractivity contribution in [3.63, 3.8) is 0 Å². The normalized spacial score (nSPS) is 15.8. The number of pyridine rings is 1. The van der Waals surface area contributed by atoms with Gasteiger partial charge in [-0.05, 0) is 18.8 Å². The number of aromatic nitrogens is 1. The molecule has 1 aliphatic carbocycles. The Kier molecular flexibility index (Phi) is 3.61. The summed E-state index contributed by atoms with van der Waals surface area (Å²) in [7, 11) is 0. The third-order valence-electron chi connectivity index (χ3n) is 2.98. The molecule has 3 N–H and O–H groups in total. The first-order valence-electron chi connectivity index (χ1n) is 5.82. The lowest BCUT2D eigenvalue weighted by molar-refractivity contribution is -0.385. The van der Waals surface area contributed by atoms with Crippen LogP contribution >= 0.6 is 0 Å². The van der Waals surface area contributed by atoms with Crippen molar-refractivity contribution in [1.29, 1.82) is 0 Å². The minimum absolute atomic E-state index is 0.0334. The van der Waals surface area contributed by atoms with E-state index in [9.17, 15) is 24.8 Å². The number of carbonyl (C=O) groups excluding carboxylic acids is 1. The average molecular weight is 267 g/mol. The van der Waals surface area contributed by atoms with E-state index in [4.69, 9.17) is 0 Å². The van der Waals surface area contributed by atoms with Gasteiger partial charge in [0.15, 0.2) is 0 Å². The predicted molar refractivity (Wildman–Crippen MR) is 64.8 cm³/mol. The number of hydrogen-bond donors (Lipinski definition) is 3. The van der Waals surface area contributed by atoms with E-state index in [0.29, 0.717) is 0 Å². The van der Waals surface area contributed by atoms with Crippen molar-refractivity contribution in [2.24, 2.45) is 5.92 Å². The molecule has 1 fully saturated rings. The van der Waals surface area contributed by atoms with Crippen LogP contribution in [0.5, 0.6) is 0 Å². The van der Waals surface area contributed by atoms with Crippen molar-refractivity contribution in [2.45, 2.75) is 18.9 Å². The summed E-state index contributed by atoms with van der Waals surface area (Å²) in [5.74, 6) is -0.534. The van der Waals surface area contributed by atoms with E-state index in [1.807, 2.05) is 0 Å². The van der Waals surface area contributed by atoms with Gasteiger partial charge < -0.3 is 15.4 Å². The lowest BCUT2D eigenvalue weighted by Crippen LogP contribution is -2.35. The molecule has 1 unspecified atom stereocenters. The molecular formula is C11H13N3O5. The summed E-state index contributed by atoms with van der Waals surface area (Å²) in [5, 5.41) is 22.5. The van der Waals surface area contributed by atoms with Gasteiger partial charge >= 0.3 is 0 Å². The first kappa shape index (κ1) is 13.2. The van der Waals surface area contributed by atoms with Crippen molar-refractivity contribution in [3.05, 3.63) is 38.3 Å². The average Bonchev–Trinajstić information content (AvgIpc) is 3.20. The highest BCUT2D eigenvalue weighted by Crippen LogP contribution is 2.32. The molecule has 8 nitrogen and oxygen atoms in total. The zero-order valence-electron chi connectivity index (χ0n) is 9.96. The van der Waals surface area contributed by atoms with Crippen LogP contribution in [0.4, 0.5) is 5.69 Å². The summed E-state index contributed by atoms with van der Waals surface area (Å²) in [6.45, 7) is 0.0334. The number of carbonyl (C=O) groups is 1. The first-order valence-corrected chi connectivity index (χ1v) is 5.82. The fourth-order valence-corrected chi connectivity index (χ4v) is 1.69. The maximum absolute atomic E-state index is 11.7. The van der Waals surface area contributed by atoms with E-state index in [0.717, 1.165) is 25.1 Å². The number of rotatable bonds is 5. The van der Waals surface area contributed by atoms with Gasteiger partial charge in [0.2, 0.25) is 0 Å². The molecule has 0 aromatic carbocycles. The number of aliphatic hydroxyl groups excluding tert-OH is 1. The van der Waals surface area contributed by atoms with Gasteiger partial charge in [0.1, 0.15) is 5.56 Å². The van der Waals surface area contributed by atoms with Crippen molar-refractivity contribution >= 4 is 11.6 Å². The molecule has 1 aromatic heterocycles. The Morgan fingerprint density at radius 2 is 2.32 bits per heavy atom. The number of nitrogens with zero attached hydrogens (tertiary/aromatic N) is 1. The van der Waals surface area contributed by atoms with Crippen LogP contribution in [0, 0.1) is 16.0 Å². The molecule has 0 spiro atoms. The maximum atomic E-state index is 11.7. The molecule has 1 atom stereocenters. The monoisotopic (exact) mass is 267 g/mol. The molecular weight excluding hydrogens is 254 g/mol. The lowest BCUT2D eigenvalue weighted by atomic mass is 10.2. The second kappa shape index (κ2) is 5.19. The van der Waals surface area contributed by atoms with Gasteiger partial charge in [0, 0.05) is 12.6 Å². The minimum atomic E-state index is -0.732. The molecule has 1 saturated carbocycles. The maximum Gasteiger partial charge on any atom is 0.286 e. The summed E-state index contributed by atoms with van der Waals surface area (Å²) in [4.78, 5) is 35.1. The molecule has 102 valence electrons. The van der Waals surface area contributed by atoms with Gasteiger partial charge in [0.05, 0.1) is 17.2 Å². The van der Waals surface area contributed by atoms with Crippen molar-refractivity contribution in [3.8, 4) is 0 Å². The van der Waals surface area contributed by atoms with Crippen LogP contribution in [0.1, 0.15) is 23.2 Å². The summed E-state index contributed by atoms with van der Waals surface area (Å²) < 4.78 is 0. The zero-order chi connectivity index (χ0) is 14.0. The second-order valence-corrected chi connectivity index (χ2v) is 4.47. The molecule has 1 aromatic rings. The Hall–Kier alpha value is -2.22. The first-order chi connectivity index (χ1) is 8.99. The largest absolute Gasteiger partial charge is 0.391 e. The van der Waals surface area contributed by atoms with Crippen LogP contribution in [0.3, 0.4) is 0 Å². The van der Waals surface area contributed by atoms with Gasteiger partial charge in [-0.15, -0.1) is 0 Å². The third kappa shape index (κ3) is 3.16.